The van der Waals surface area contributed by atoms with Crippen LogP contribution >= 0.6 is 0 Å². The maximum absolute atomic E-state index is 12.0. The topological polar surface area (TPSA) is 81.7 Å². The molecule has 1 atom stereocenters. The molecule has 0 radical (unpaired) electrons. The van der Waals surface area contributed by atoms with E-state index in [1.807, 2.05) is 14.0 Å². The third-order valence-corrected chi connectivity index (χ3v) is 3.76. The number of nitrogens with one attached hydrogen (secondary N) is 2. The molecule has 0 bridgehead atoms. The van der Waals surface area contributed by atoms with Crippen LogP contribution in [0.4, 0.5) is 4.79 Å². The number of carbonyl (C=O) groups excluding carboxylic acids is 1. The summed E-state index contributed by atoms with van der Waals surface area (Å²) >= 11 is 0. The first-order valence-electron chi connectivity index (χ1n) is 6.97. The van der Waals surface area contributed by atoms with E-state index in [2.05, 4.69) is 10.6 Å². The average molecular weight is 271 g/mol. The average Bonchev–Trinajstić information content (AvgIpc) is 2.42. The van der Waals surface area contributed by atoms with Crippen molar-refractivity contribution in [3.63, 3.8) is 0 Å². The van der Waals surface area contributed by atoms with Gasteiger partial charge in [0, 0.05) is 26.1 Å². The van der Waals surface area contributed by atoms with Crippen LogP contribution in [0, 0.1) is 5.92 Å². The van der Waals surface area contributed by atoms with Crippen molar-refractivity contribution in [2.45, 2.75) is 38.6 Å². The van der Waals surface area contributed by atoms with E-state index in [0.717, 1.165) is 32.4 Å². The fourth-order valence-corrected chi connectivity index (χ4v) is 2.32. The summed E-state index contributed by atoms with van der Waals surface area (Å²) in [5.41, 5.74) is 0. The molecule has 1 heterocycles. The summed E-state index contributed by atoms with van der Waals surface area (Å²) in [5, 5.41) is 14.9. The van der Waals surface area contributed by atoms with Gasteiger partial charge in [0.05, 0.1) is 0 Å². The van der Waals surface area contributed by atoms with Gasteiger partial charge in [0.25, 0.3) is 0 Å². The van der Waals surface area contributed by atoms with E-state index in [1.165, 1.54) is 0 Å². The van der Waals surface area contributed by atoms with Gasteiger partial charge in [0.1, 0.15) is 0 Å². The first-order valence-corrected chi connectivity index (χ1v) is 6.97. The lowest BCUT2D eigenvalue weighted by molar-refractivity contribution is -0.138. The van der Waals surface area contributed by atoms with Gasteiger partial charge in [0.2, 0.25) is 0 Å². The zero-order chi connectivity index (χ0) is 14.3. The number of carbonyl (C=O) groups is 2. The van der Waals surface area contributed by atoms with Gasteiger partial charge in [-0.05, 0) is 31.8 Å². The Morgan fingerprint density at radius 3 is 2.58 bits per heavy atom. The van der Waals surface area contributed by atoms with Crippen LogP contribution in [-0.2, 0) is 4.79 Å². The Morgan fingerprint density at radius 1 is 1.42 bits per heavy atom. The molecule has 6 heteroatoms. The maximum atomic E-state index is 12.0. The molecule has 6 nitrogen and oxygen atoms in total. The number of aliphatic carboxylic acids is 1. The maximum Gasteiger partial charge on any atom is 0.317 e. The molecule has 1 fully saturated rings. The Hall–Kier alpha value is -1.30. The zero-order valence-electron chi connectivity index (χ0n) is 11.8. The highest BCUT2D eigenvalue weighted by Gasteiger charge is 2.22. The second-order valence-electron chi connectivity index (χ2n) is 5.15. The molecule has 0 aromatic rings. The molecule has 1 saturated heterocycles. The Labute approximate surface area is 114 Å². The van der Waals surface area contributed by atoms with Crippen molar-refractivity contribution >= 4 is 12.0 Å². The first kappa shape index (κ1) is 15.8. The van der Waals surface area contributed by atoms with E-state index >= 15 is 0 Å². The standard InChI is InChI=1S/C13H25N3O3/c1-3-10(8-12(17)18)9-15-13(19)16(2)11-4-6-14-7-5-11/h10-11,14H,3-9H2,1-2H3,(H,15,19)(H,17,18). The number of piperidine rings is 1. The van der Waals surface area contributed by atoms with Gasteiger partial charge in [-0.1, -0.05) is 13.3 Å². The minimum absolute atomic E-state index is 0.00266. The lowest BCUT2D eigenvalue weighted by atomic mass is 10.0. The predicted octanol–water partition coefficient (Wildman–Crippen LogP) is 0.881. The van der Waals surface area contributed by atoms with E-state index in [4.69, 9.17) is 5.11 Å². The Kier molecular flexibility index (Phi) is 6.62. The molecule has 0 aromatic heterocycles. The Bertz CT molecular complexity index is 304. The molecule has 1 unspecified atom stereocenters. The minimum Gasteiger partial charge on any atom is -0.481 e. The molecular formula is C13H25N3O3. The molecular weight excluding hydrogens is 246 g/mol. The smallest absolute Gasteiger partial charge is 0.317 e. The van der Waals surface area contributed by atoms with Gasteiger partial charge in [-0.25, -0.2) is 4.79 Å². The number of hydrogen-bond donors (Lipinski definition) is 3. The summed E-state index contributed by atoms with van der Waals surface area (Å²) in [6.45, 7) is 4.25. The number of hydrogen-bond acceptors (Lipinski definition) is 3. The van der Waals surface area contributed by atoms with Crippen molar-refractivity contribution in [1.29, 1.82) is 0 Å². The third-order valence-electron chi connectivity index (χ3n) is 3.76. The number of urea groups is 1. The van der Waals surface area contributed by atoms with Crippen molar-refractivity contribution in [3.05, 3.63) is 0 Å². The van der Waals surface area contributed by atoms with Crippen LogP contribution in [0.15, 0.2) is 0 Å². The van der Waals surface area contributed by atoms with E-state index < -0.39 is 5.97 Å². The fraction of sp³-hybridized carbons (Fsp3) is 0.846. The molecule has 110 valence electrons. The van der Waals surface area contributed by atoms with Crippen LogP contribution in [0.25, 0.3) is 0 Å². The quantitative estimate of drug-likeness (QED) is 0.670. The number of nitrogens with zero attached hydrogens (tertiary/aromatic N) is 1. The highest BCUT2D eigenvalue weighted by atomic mass is 16.4. The summed E-state index contributed by atoms with van der Waals surface area (Å²) < 4.78 is 0. The summed E-state index contributed by atoms with van der Waals surface area (Å²) in [4.78, 5) is 24.4. The number of rotatable bonds is 6. The van der Waals surface area contributed by atoms with Gasteiger partial charge < -0.3 is 20.6 Å². The highest BCUT2D eigenvalue weighted by Crippen LogP contribution is 2.11. The molecule has 0 aromatic carbocycles. The van der Waals surface area contributed by atoms with Gasteiger partial charge in [-0.15, -0.1) is 0 Å². The van der Waals surface area contributed by atoms with Crippen molar-refractivity contribution in [2.24, 2.45) is 5.92 Å². The monoisotopic (exact) mass is 271 g/mol. The molecule has 1 rings (SSSR count). The number of carboxylic acids is 1. The van der Waals surface area contributed by atoms with Crippen LogP contribution in [0.5, 0.6) is 0 Å². The van der Waals surface area contributed by atoms with Crippen molar-refractivity contribution in [2.75, 3.05) is 26.7 Å². The summed E-state index contributed by atoms with van der Waals surface area (Å²) in [5.74, 6) is -0.810. The van der Waals surface area contributed by atoms with Gasteiger partial charge in [0.15, 0.2) is 0 Å². The Morgan fingerprint density at radius 2 is 2.05 bits per heavy atom. The molecule has 1 aliphatic rings. The van der Waals surface area contributed by atoms with Gasteiger partial charge >= 0.3 is 12.0 Å². The van der Waals surface area contributed by atoms with Gasteiger partial charge in [-0.3, -0.25) is 4.79 Å². The lowest BCUT2D eigenvalue weighted by Gasteiger charge is -2.32. The van der Waals surface area contributed by atoms with E-state index in [9.17, 15) is 9.59 Å². The van der Waals surface area contributed by atoms with Crippen molar-refractivity contribution in [3.8, 4) is 0 Å². The third kappa shape index (κ3) is 5.46. The van der Waals surface area contributed by atoms with Gasteiger partial charge in [-0.2, -0.15) is 0 Å². The van der Waals surface area contributed by atoms with Crippen LogP contribution < -0.4 is 10.6 Å². The summed E-state index contributed by atoms with van der Waals surface area (Å²) in [7, 11) is 1.81. The van der Waals surface area contributed by atoms with Crippen LogP contribution in [0.2, 0.25) is 0 Å². The molecule has 1 aliphatic heterocycles. The molecule has 0 spiro atoms. The number of carboxylic acid groups (broad SMARTS) is 1. The lowest BCUT2D eigenvalue weighted by Crippen LogP contribution is -2.48. The summed E-state index contributed by atoms with van der Waals surface area (Å²) in [6, 6.07) is 0.177. The normalized spacial score (nSPS) is 17.8. The molecule has 2 amide bonds. The second kappa shape index (κ2) is 7.99. The van der Waals surface area contributed by atoms with Crippen molar-refractivity contribution < 1.29 is 14.7 Å². The summed E-state index contributed by atoms with van der Waals surface area (Å²) in [6.07, 6.45) is 2.80. The molecule has 0 aliphatic carbocycles. The molecule has 0 saturated carbocycles. The van der Waals surface area contributed by atoms with E-state index in [-0.39, 0.29) is 24.4 Å². The molecule has 19 heavy (non-hydrogen) atoms. The fourth-order valence-electron chi connectivity index (χ4n) is 2.32. The highest BCUT2D eigenvalue weighted by molar-refractivity contribution is 5.74. The van der Waals surface area contributed by atoms with E-state index in [1.54, 1.807) is 4.90 Å². The minimum atomic E-state index is -0.812. The van der Waals surface area contributed by atoms with Crippen molar-refractivity contribution in [1.82, 2.24) is 15.5 Å². The number of amides is 2. The predicted molar refractivity (Wildman–Crippen MR) is 73.1 cm³/mol. The van der Waals surface area contributed by atoms with Crippen LogP contribution in [0.1, 0.15) is 32.6 Å². The zero-order valence-corrected chi connectivity index (χ0v) is 11.8. The van der Waals surface area contributed by atoms with Crippen LogP contribution in [-0.4, -0.2) is 54.7 Å². The Balaban J connectivity index is 2.34. The van der Waals surface area contributed by atoms with E-state index in [0.29, 0.717) is 6.54 Å². The first-order chi connectivity index (χ1) is 9.04. The molecule has 3 N–H and O–H groups in total. The second-order valence-corrected chi connectivity index (χ2v) is 5.15. The SMILES string of the molecule is CCC(CNC(=O)N(C)C1CCNCC1)CC(=O)O. The van der Waals surface area contributed by atoms with Crippen LogP contribution in [0.3, 0.4) is 0 Å². The largest absolute Gasteiger partial charge is 0.481 e.